The number of nitrogens with zero attached hydrogens (tertiary/aromatic N) is 2. The number of benzene rings is 1. The molecule has 0 saturated heterocycles. The smallest absolute Gasteiger partial charge is 0.246 e. The number of para-hydroxylation sites is 1. The number of aliphatic hydroxyl groups is 1. The second kappa shape index (κ2) is 9.90. The van der Waals surface area contributed by atoms with Crippen LogP contribution in [0.5, 0.6) is 0 Å². The summed E-state index contributed by atoms with van der Waals surface area (Å²) in [6.45, 7) is 2.41. The molecule has 0 aliphatic heterocycles. The molecule has 0 saturated carbocycles. The van der Waals surface area contributed by atoms with Crippen molar-refractivity contribution in [3.63, 3.8) is 0 Å². The zero-order valence-electron chi connectivity index (χ0n) is 17.8. The molecule has 0 unspecified atom stereocenters. The first-order valence-electron chi connectivity index (χ1n) is 9.88. The van der Waals surface area contributed by atoms with E-state index in [0.717, 1.165) is 22.3 Å². The van der Waals surface area contributed by atoms with Gasteiger partial charge in [-0.25, -0.2) is 4.98 Å². The number of aliphatic hydroxyl groups excluding tert-OH is 1. The highest BCUT2D eigenvalue weighted by molar-refractivity contribution is 5.92. The zero-order valence-corrected chi connectivity index (χ0v) is 17.8. The molecule has 2 heterocycles. The van der Waals surface area contributed by atoms with Crippen molar-refractivity contribution in [2.75, 3.05) is 31.3 Å². The number of aldehydes is 1. The van der Waals surface area contributed by atoms with Crippen LogP contribution in [-0.4, -0.2) is 53.9 Å². The fourth-order valence-corrected chi connectivity index (χ4v) is 3.13. The van der Waals surface area contributed by atoms with Crippen molar-refractivity contribution in [1.29, 1.82) is 0 Å². The van der Waals surface area contributed by atoms with Gasteiger partial charge in [0, 0.05) is 43.9 Å². The van der Waals surface area contributed by atoms with Gasteiger partial charge in [0.1, 0.15) is 29.6 Å². The van der Waals surface area contributed by atoms with E-state index >= 15 is 0 Å². The van der Waals surface area contributed by atoms with Gasteiger partial charge < -0.3 is 29.9 Å². The number of pyridine rings is 1. The second-order valence-corrected chi connectivity index (χ2v) is 7.17. The Morgan fingerprint density at radius 1 is 1.35 bits per heavy atom. The number of carbonyl (C=O) groups excluding carboxylic acids is 2. The molecule has 0 spiro atoms. The Balaban J connectivity index is 1.69. The summed E-state index contributed by atoms with van der Waals surface area (Å²) in [4.78, 5) is 29.1. The van der Waals surface area contributed by atoms with Crippen LogP contribution < -0.4 is 10.6 Å². The van der Waals surface area contributed by atoms with E-state index in [2.05, 4.69) is 15.6 Å². The molecule has 8 nitrogen and oxygen atoms in total. The number of hydrogen-bond acceptors (Lipinski definition) is 7. The van der Waals surface area contributed by atoms with Crippen LogP contribution in [0, 0.1) is 6.92 Å². The Hall–Kier alpha value is -3.65. The minimum absolute atomic E-state index is 0.0611. The largest absolute Gasteiger partial charge is 0.459 e. The number of nitrogens with one attached hydrogen (secondary N) is 2. The monoisotopic (exact) mass is 422 g/mol. The Kier molecular flexibility index (Phi) is 7.04. The van der Waals surface area contributed by atoms with Gasteiger partial charge in [0.05, 0.1) is 12.2 Å². The highest BCUT2D eigenvalue weighted by atomic mass is 16.3. The first kappa shape index (κ1) is 22.0. The van der Waals surface area contributed by atoms with Crippen LogP contribution in [0.1, 0.15) is 16.9 Å². The molecule has 1 atom stereocenters. The molecule has 3 N–H and O–H groups in total. The average molecular weight is 422 g/mol. The molecule has 0 radical (unpaired) electrons. The first-order chi connectivity index (χ1) is 14.9. The van der Waals surface area contributed by atoms with E-state index in [4.69, 9.17) is 4.42 Å². The molecule has 0 aliphatic carbocycles. The molecule has 2 aromatic heterocycles. The van der Waals surface area contributed by atoms with Crippen LogP contribution in [0.25, 0.3) is 17.0 Å². The Labute approximate surface area is 180 Å². The fourth-order valence-electron chi connectivity index (χ4n) is 3.13. The predicted octanol–water partition coefficient (Wildman–Crippen LogP) is 2.82. The Morgan fingerprint density at radius 3 is 2.84 bits per heavy atom. The number of aromatic nitrogens is 1. The Bertz CT molecular complexity index is 1110. The lowest BCUT2D eigenvalue weighted by Crippen LogP contribution is -2.24. The minimum Gasteiger partial charge on any atom is -0.459 e. The minimum atomic E-state index is -1.11. The molecule has 8 heteroatoms. The van der Waals surface area contributed by atoms with Crippen LogP contribution in [0.4, 0.5) is 11.5 Å². The van der Waals surface area contributed by atoms with E-state index < -0.39 is 6.10 Å². The topological polar surface area (TPSA) is 108 Å². The summed E-state index contributed by atoms with van der Waals surface area (Å²) in [5.74, 6) is 1.15. The molecule has 1 aromatic carbocycles. The molecule has 0 aliphatic rings. The van der Waals surface area contributed by atoms with E-state index in [9.17, 15) is 14.7 Å². The van der Waals surface area contributed by atoms with Gasteiger partial charge in [-0.3, -0.25) is 4.79 Å². The van der Waals surface area contributed by atoms with Gasteiger partial charge in [0.25, 0.3) is 0 Å². The van der Waals surface area contributed by atoms with E-state index in [1.165, 1.54) is 6.08 Å². The molecule has 1 amide bonds. The highest BCUT2D eigenvalue weighted by Gasteiger charge is 2.14. The quantitative estimate of drug-likeness (QED) is 0.359. The van der Waals surface area contributed by atoms with Crippen molar-refractivity contribution in [3.05, 3.63) is 59.5 Å². The van der Waals surface area contributed by atoms with E-state index in [1.807, 2.05) is 31.2 Å². The average Bonchev–Trinajstić information content (AvgIpc) is 3.10. The van der Waals surface area contributed by atoms with Crippen molar-refractivity contribution in [2.45, 2.75) is 19.6 Å². The van der Waals surface area contributed by atoms with E-state index in [0.29, 0.717) is 29.9 Å². The van der Waals surface area contributed by atoms with Crippen molar-refractivity contribution < 1.29 is 19.1 Å². The van der Waals surface area contributed by atoms with Crippen molar-refractivity contribution in [2.24, 2.45) is 0 Å². The van der Waals surface area contributed by atoms with Crippen molar-refractivity contribution in [3.8, 4) is 0 Å². The van der Waals surface area contributed by atoms with Gasteiger partial charge in [0.15, 0.2) is 0 Å². The second-order valence-electron chi connectivity index (χ2n) is 7.17. The summed E-state index contributed by atoms with van der Waals surface area (Å²) < 4.78 is 5.89. The molecular formula is C23H26N4O4. The normalized spacial score (nSPS) is 12.1. The van der Waals surface area contributed by atoms with Gasteiger partial charge in [-0.1, -0.05) is 18.2 Å². The molecule has 3 aromatic rings. The van der Waals surface area contributed by atoms with Crippen LogP contribution in [-0.2, 0) is 16.1 Å². The van der Waals surface area contributed by atoms with Crippen molar-refractivity contribution in [1.82, 2.24) is 9.88 Å². The van der Waals surface area contributed by atoms with Crippen LogP contribution in [0.2, 0.25) is 0 Å². The fraction of sp³-hybridized carbons (Fsp3) is 0.261. The summed E-state index contributed by atoms with van der Waals surface area (Å²) in [5, 5.41) is 16.4. The number of rotatable bonds is 9. The van der Waals surface area contributed by atoms with E-state index in [-0.39, 0.29) is 12.5 Å². The predicted molar refractivity (Wildman–Crippen MR) is 121 cm³/mol. The lowest BCUT2D eigenvalue weighted by atomic mass is 10.1. The summed E-state index contributed by atoms with van der Waals surface area (Å²) >= 11 is 0. The maximum absolute atomic E-state index is 12.6. The summed E-state index contributed by atoms with van der Waals surface area (Å²) in [6, 6.07) is 9.57. The first-order valence-corrected chi connectivity index (χ1v) is 9.88. The number of carbonyl (C=O) groups is 2. The standard InChI is InChI=1S/C23H26N4O4/c1-15-18-6-4-5-7-20(18)31-21(15)13-27(3)22(30)9-8-16-10-19(23(24-2)26-11-16)25-12-17(29)14-28/h4-11,14,17,25,29H,12-13H2,1-3H3,(H,24,26)/b9-8+/t17-/m0/s1. The lowest BCUT2D eigenvalue weighted by molar-refractivity contribution is -0.125. The third-order valence-electron chi connectivity index (χ3n) is 4.92. The van der Waals surface area contributed by atoms with Gasteiger partial charge in [-0.05, 0) is 30.7 Å². The van der Waals surface area contributed by atoms with Crippen LogP contribution in [0.3, 0.4) is 0 Å². The number of furan rings is 1. The maximum Gasteiger partial charge on any atom is 0.246 e. The van der Waals surface area contributed by atoms with E-state index in [1.54, 1.807) is 37.3 Å². The van der Waals surface area contributed by atoms with Crippen LogP contribution in [0.15, 0.2) is 47.0 Å². The lowest BCUT2D eigenvalue weighted by Gasteiger charge is -2.14. The highest BCUT2D eigenvalue weighted by Crippen LogP contribution is 2.26. The SMILES string of the molecule is CNc1ncc(/C=C/C(=O)N(C)Cc2oc3ccccc3c2C)cc1NC[C@H](O)C=O. The van der Waals surface area contributed by atoms with Gasteiger partial charge in [-0.15, -0.1) is 0 Å². The molecule has 3 rings (SSSR count). The summed E-state index contributed by atoms with van der Waals surface area (Å²) in [5.41, 5.74) is 3.15. The number of hydrogen-bond donors (Lipinski definition) is 3. The van der Waals surface area contributed by atoms with Crippen LogP contribution >= 0.6 is 0 Å². The van der Waals surface area contributed by atoms with Gasteiger partial charge >= 0.3 is 0 Å². The number of fused-ring (bicyclic) bond motifs is 1. The molecule has 31 heavy (non-hydrogen) atoms. The number of anilines is 2. The third-order valence-corrected chi connectivity index (χ3v) is 4.92. The Morgan fingerprint density at radius 2 is 2.13 bits per heavy atom. The summed E-state index contributed by atoms with van der Waals surface area (Å²) in [6.07, 6.45) is 4.11. The maximum atomic E-state index is 12.6. The van der Waals surface area contributed by atoms with Crippen molar-refractivity contribution >= 4 is 40.7 Å². The van der Waals surface area contributed by atoms with Gasteiger partial charge in [0.2, 0.25) is 5.91 Å². The zero-order chi connectivity index (χ0) is 22.4. The number of likely N-dealkylation sites (N-methyl/N-ethyl adjacent to an activating group) is 1. The molecule has 0 fully saturated rings. The number of aryl methyl sites for hydroxylation is 1. The molecular weight excluding hydrogens is 396 g/mol. The third kappa shape index (κ3) is 5.29. The molecule has 162 valence electrons. The summed E-state index contributed by atoms with van der Waals surface area (Å²) in [7, 11) is 3.44. The number of amides is 1. The molecule has 0 bridgehead atoms. The van der Waals surface area contributed by atoms with Gasteiger partial charge in [-0.2, -0.15) is 0 Å².